The number of nitrogens with two attached hydrogens (primary N) is 1. The van der Waals surface area contributed by atoms with Crippen LogP contribution in [0.15, 0.2) is 18.2 Å². The van der Waals surface area contributed by atoms with Crippen molar-refractivity contribution in [1.29, 1.82) is 0 Å². The van der Waals surface area contributed by atoms with Gasteiger partial charge in [0.2, 0.25) is 0 Å². The van der Waals surface area contributed by atoms with E-state index in [2.05, 4.69) is 6.92 Å². The van der Waals surface area contributed by atoms with Crippen LogP contribution in [0.2, 0.25) is 5.02 Å². The Morgan fingerprint density at radius 2 is 1.28 bits per heavy atom. The molecule has 1 saturated heterocycles. The first-order valence-corrected chi connectivity index (χ1v) is 13.6. The van der Waals surface area contributed by atoms with Crippen LogP contribution in [0.4, 0.5) is 16.2 Å². The number of urea groups is 1. The molecule has 0 saturated carbocycles. The minimum absolute atomic E-state index is 0.0904. The van der Waals surface area contributed by atoms with Gasteiger partial charge in [-0.2, -0.15) is 0 Å². The Hall–Kier alpha value is -1.42. The molecular formula is C27H46ClN3O. The zero-order chi connectivity index (χ0) is 23.0. The summed E-state index contributed by atoms with van der Waals surface area (Å²) in [6.45, 7) is 4.65. The van der Waals surface area contributed by atoms with E-state index in [1.807, 2.05) is 11.0 Å². The second-order valence-electron chi connectivity index (χ2n) is 9.43. The van der Waals surface area contributed by atoms with E-state index >= 15 is 0 Å². The molecule has 1 heterocycles. The lowest BCUT2D eigenvalue weighted by atomic mass is 10.0. The Morgan fingerprint density at radius 3 is 1.78 bits per heavy atom. The van der Waals surface area contributed by atoms with Crippen LogP contribution < -0.4 is 10.6 Å². The number of halogens is 1. The quantitative estimate of drug-likeness (QED) is 0.175. The van der Waals surface area contributed by atoms with E-state index in [0.717, 1.165) is 31.7 Å². The Balaban J connectivity index is 1.41. The van der Waals surface area contributed by atoms with Gasteiger partial charge in [0.15, 0.2) is 0 Å². The number of nitrogens with zero attached hydrogens (tertiary/aromatic N) is 2. The van der Waals surface area contributed by atoms with Crippen molar-refractivity contribution in [2.75, 3.05) is 30.3 Å². The highest BCUT2D eigenvalue weighted by Crippen LogP contribution is 2.27. The summed E-state index contributed by atoms with van der Waals surface area (Å²) < 4.78 is 0. The summed E-state index contributed by atoms with van der Waals surface area (Å²) in [6.07, 6.45) is 21.9. The van der Waals surface area contributed by atoms with Gasteiger partial charge in [-0.25, -0.2) is 4.79 Å². The first kappa shape index (κ1) is 26.8. The smallest absolute Gasteiger partial charge is 0.324 e. The molecule has 2 rings (SSSR count). The van der Waals surface area contributed by atoms with Crippen molar-refractivity contribution >= 4 is 29.0 Å². The summed E-state index contributed by atoms with van der Waals surface area (Å²) in [4.78, 5) is 16.4. The third kappa shape index (κ3) is 10.0. The molecule has 0 unspecified atom stereocenters. The van der Waals surface area contributed by atoms with Crippen molar-refractivity contribution in [3.8, 4) is 0 Å². The van der Waals surface area contributed by atoms with Gasteiger partial charge >= 0.3 is 6.03 Å². The first-order chi connectivity index (χ1) is 15.6. The number of unbranched alkanes of at least 4 members (excludes halogenated alkanes) is 15. The molecular weight excluding hydrogens is 418 g/mol. The van der Waals surface area contributed by atoms with Gasteiger partial charge < -0.3 is 10.6 Å². The van der Waals surface area contributed by atoms with Crippen LogP contribution in [0.25, 0.3) is 0 Å². The summed E-state index contributed by atoms with van der Waals surface area (Å²) in [5.74, 6) is 0. The van der Waals surface area contributed by atoms with Gasteiger partial charge in [-0.3, -0.25) is 4.90 Å². The molecule has 0 aromatic heterocycles. The molecule has 0 bridgehead atoms. The predicted octanol–water partition coefficient (Wildman–Crippen LogP) is 8.43. The van der Waals surface area contributed by atoms with E-state index < -0.39 is 0 Å². The monoisotopic (exact) mass is 463 g/mol. The lowest BCUT2D eigenvalue weighted by molar-refractivity contribution is 0.219. The van der Waals surface area contributed by atoms with Gasteiger partial charge in [-0.15, -0.1) is 0 Å². The standard InChI is InChI=1S/C27H46ClN3O/c1-2-3-4-5-6-7-8-9-10-11-12-13-14-15-16-17-20-30-21-22-31(27(30)32)24-18-19-25(28)26(29)23-24/h18-19,23H,2-17,20-22,29H2,1H3. The maximum absolute atomic E-state index is 12.7. The number of benzene rings is 1. The highest BCUT2D eigenvalue weighted by Gasteiger charge is 2.29. The Morgan fingerprint density at radius 1 is 0.781 bits per heavy atom. The predicted molar refractivity (Wildman–Crippen MR) is 140 cm³/mol. The molecule has 5 heteroatoms. The molecule has 0 atom stereocenters. The van der Waals surface area contributed by atoms with E-state index in [9.17, 15) is 4.79 Å². The topological polar surface area (TPSA) is 49.6 Å². The summed E-state index contributed by atoms with van der Waals surface area (Å²) in [5.41, 5.74) is 7.25. The van der Waals surface area contributed by atoms with Crippen molar-refractivity contribution in [3.63, 3.8) is 0 Å². The lowest BCUT2D eigenvalue weighted by Gasteiger charge is -2.19. The van der Waals surface area contributed by atoms with E-state index in [4.69, 9.17) is 17.3 Å². The maximum Gasteiger partial charge on any atom is 0.324 e. The number of nitrogen functional groups attached to an aromatic ring is 1. The SMILES string of the molecule is CCCCCCCCCCCCCCCCCCN1CCN(c2ccc(Cl)c(N)c2)C1=O. The number of carbonyl (C=O) groups is 1. The molecule has 0 spiro atoms. The fourth-order valence-corrected chi connectivity index (χ4v) is 4.70. The molecule has 32 heavy (non-hydrogen) atoms. The summed E-state index contributed by atoms with van der Waals surface area (Å²) in [7, 11) is 0. The molecule has 2 amide bonds. The average molecular weight is 464 g/mol. The number of hydrogen-bond acceptors (Lipinski definition) is 2. The Kier molecular flexibility index (Phi) is 13.6. The number of anilines is 2. The van der Waals surface area contributed by atoms with Crippen LogP contribution in [-0.2, 0) is 0 Å². The van der Waals surface area contributed by atoms with Crippen molar-refractivity contribution in [1.82, 2.24) is 4.90 Å². The summed E-state index contributed by atoms with van der Waals surface area (Å²) in [5, 5.41) is 0.533. The van der Waals surface area contributed by atoms with Crippen LogP contribution in [-0.4, -0.2) is 30.6 Å². The van der Waals surface area contributed by atoms with Gasteiger partial charge in [-0.1, -0.05) is 115 Å². The third-order valence-electron chi connectivity index (χ3n) is 6.67. The summed E-state index contributed by atoms with van der Waals surface area (Å²) in [6, 6.07) is 5.51. The van der Waals surface area contributed by atoms with E-state index in [0.29, 0.717) is 10.7 Å². The van der Waals surface area contributed by atoms with Gasteiger partial charge in [0.25, 0.3) is 0 Å². The molecule has 182 valence electrons. The molecule has 1 aromatic rings. The maximum atomic E-state index is 12.7. The molecule has 1 aromatic carbocycles. The zero-order valence-electron chi connectivity index (χ0n) is 20.4. The van der Waals surface area contributed by atoms with Crippen LogP contribution in [0, 0.1) is 0 Å². The zero-order valence-corrected chi connectivity index (χ0v) is 21.2. The number of carbonyl (C=O) groups excluding carboxylic acids is 1. The van der Waals surface area contributed by atoms with Crippen molar-refractivity contribution in [2.24, 2.45) is 0 Å². The fraction of sp³-hybridized carbons (Fsp3) is 0.741. The molecule has 0 aliphatic carbocycles. The minimum atomic E-state index is 0.0904. The normalized spacial score (nSPS) is 14.0. The van der Waals surface area contributed by atoms with Gasteiger partial charge in [-0.05, 0) is 24.6 Å². The van der Waals surface area contributed by atoms with Crippen molar-refractivity contribution in [3.05, 3.63) is 23.2 Å². The molecule has 1 fully saturated rings. The van der Waals surface area contributed by atoms with E-state index in [-0.39, 0.29) is 6.03 Å². The number of hydrogen-bond donors (Lipinski definition) is 1. The molecule has 0 radical (unpaired) electrons. The van der Waals surface area contributed by atoms with Gasteiger partial charge in [0, 0.05) is 25.3 Å². The average Bonchev–Trinajstić information content (AvgIpc) is 3.15. The molecule has 1 aliphatic rings. The van der Waals surface area contributed by atoms with E-state index in [1.54, 1.807) is 17.0 Å². The highest BCUT2D eigenvalue weighted by atomic mass is 35.5. The van der Waals surface area contributed by atoms with Crippen LogP contribution in [0.5, 0.6) is 0 Å². The van der Waals surface area contributed by atoms with Crippen LogP contribution in [0.3, 0.4) is 0 Å². The third-order valence-corrected chi connectivity index (χ3v) is 7.01. The molecule has 4 nitrogen and oxygen atoms in total. The first-order valence-electron chi connectivity index (χ1n) is 13.2. The fourth-order valence-electron chi connectivity index (χ4n) is 4.58. The van der Waals surface area contributed by atoms with Gasteiger partial charge in [0.05, 0.1) is 10.7 Å². The lowest BCUT2D eigenvalue weighted by Crippen LogP contribution is -2.32. The van der Waals surface area contributed by atoms with E-state index in [1.165, 1.54) is 96.3 Å². The van der Waals surface area contributed by atoms with Crippen molar-refractivity contribution < 1.29 is 4.79 Å². The Labute approximate surface area is 201 Å². The minimum Gasteiger partial charge on any atom is -0.397 e. The largest absolute Gasteiger partial charge is 0.397 e. The molecule has 2 N–H and O–H groups in total. The van der Waals surface area contributed by atoms with Crippen molar-refractivity contribution in [2.45, 2.75) is 110 Å². The summed E-state index contributed by atoms with van der Waals surface area (Å²) >= 11 is 6.00. The number of rotatable bonds is 18. The Bertz CT molecular complexity index is 652. The second kappa shape index (κ2) is 16.2. The number of amides is 2. The highest BCUT2D eigenvalue weighted by molar-refractivity contribution is 6.33. The van der Waals surface area contributed by atoms with Crippen LogP contribution >= 0.6 is 11.6 Å². The van der Waals surface area contributed by atoms with Gasteiger partial charge in [0.1, 0.15) is 0 Å². The second-order valence-corrected chi connectivity index (χ2v) is 9.84. The molecule has 1 aliphatic heterocycles. The van der Waals surface area contributed by atoms with Crippen LogP contribution in [0.1, 0.15) is 110 Å².